The summed E-state index contributed by atoms with van der Waals surface area (Å²) in [4.78, 5) is 0. The summed E-state index contributed by atoms with van der Waals surface area (Å²) >= 11 is 0. The van der Waals surface area contributed by atoms with E-state index in [0.717, 1.165) is 17.4 Å². The highest BCUT2D eigenvalue weighted by Gasteiger charge is 2.38. The smallest absolute Gasteiger partial charge is 0.0474 e. The van der Waals surface area contributed by atoms with Crippen molar-refractivity contribution in [2.75, 3.05) is 0 Å². The van der Waals surface area contributed by atoms with E-state index in [4.69, 9.17) is 0 Å². The van der Waals surface area contributed by atoms with E-state index in [1.807, 2.05) is 0 Å². The zero-order valence-electron chi connectivity index (χ0n) is 10.1. The van der Waals surface area contributed by atoms with Gasteiger partial charge in [0.2, 0.25) is 0 Å². The van der Waals surface area contributed by atoms with Gasteiger partial charge in [0, 0.05) is 8.07 Å². The van der Waals surface area contributed by atoms with Crippen LogP contribution in [0.1, 0.15) is 39.5 Å². The molecule has 1 fully saturated rings. The Morgan fingerprint density at radius 2 is 1.31 bits per heavy atom. The van der Waals surface area contributed by atoms with Gasteiger partial charge in [0.1, 0.15) is 0 Å². The molecule has 1 saturated carbocycles. The highest BCUT2D eigenvalue weighted by Crippen LogP contribution is 2.47. The van der Waals surface area contributed by atoms with E-state index < -0.39 is 8.07 Å². The second-order valence-electron chi connectivity index (χ2n) is 5.87. The summed E-state index contributed by atoms with van der Waals surface area (Å²) < 4.78 is 0. The zero-order valence-corrected chi connectivity index (χ0v) is 11.1. The van der Waals surface area contributed by atoms with Crippen LogP contribution in [0.4, 0.5) is 0 Å². The van der Waals surface area contributed by atoms with Crippen LogP contribution in [0.3, 0.4) is 0 Å². The standard InChI is InChI=1S/C12H26Si/c1-6-10-8-12(13(3,4)5)9-11(10)7-2/h10-12H,6-9H2,1-5H3. The van der Waals surface area contributed by atoms with Crippen LogP contribution in [-0.4, -0.2) is 8.07 Å². The molecule has 0 aromatic rings. The Morgan fingerprint density at radius 3 is 1.54 bits per heavy atom. The summed E-state index contributed by atoms with van der Waals surface area (Å²) in [7, 11) is -0.840. The molecule has 78 valence electrons. The molecule has 0 heterocycles. The maximum atomic E-state index is 2.54. The minimum absolute atomic E-state index is 0.840. The fraction of sp³-hybridized carbons (Fsp3) is 1.00. The third-order valence-electron chi connectivity index (χ3n) is 4.11. The summed E-state index contributed by atoms with van der Waals surface area (Å²) in [5.41, 5.74) is 1.11. The molecule has 1 heteroatoms. The molecule has 0 aliphatic heterocycles. The number of rotatable bonds is 3. The van der Waals surface area contributed by atoms with Gasteiger partial charge in [-0.1, -0.05) is 46.3 Å². The van der Waals surface area contributed by atoms with Gasteiger partial charge in [-0.05, 0) is 30.2 Å². The van der Waals surface area contributed by atoms with E-state index in [0.29, 0.717) is 0 Å². The first-order valence-corrected chi connectivity index (χ1v) is 9.56. The summed E-state index contributed by atoms with van der Waals surface area (Å²) in [6.45, 7) is 12.4. The fourth-order valence-electron chi connectivity index (χ4n) is 2.92. The van der Waals surface area contributed by atoms with Gasteiger partial charge in [-0.2, -0.15) is 0 Å². The highest BCUT2D eigenvalue weighted by atomic mass is 28.3. The van der Waals surface area contributed by atoms with Crippen molar-refractivity contribution < 1.29 is 0 Å². The lowest BCUT2D eigenvalue weighted by Gasteiger charge is -2.24. The molecule has 0 saturated heterocycles. The molecule has 0 nitrogen and oxygen atoms in total. The summed E-state index contributed by atoms with van der Waals surface area (Å²) in [6, 6.07) is 0. The topological polar surface area (TPSA) is 0 Å². The van der Waals surface area contributed by atoms with Crippen LogP contribution in [-0.2, 0) is 0 Å². The Balaban J connectivity index is 2.58. The Hall–Kier alpha value is 0.217. The molecular weight excluding hydrogens is 172 g/mol. The van der Waals surface area contributed by atoms with E-state index in [2.05, 4.69) is 33.5 Å². The largest absolute Gasteiger partial charge is 0.0693 e. The minimum Gasteiger partial charge on any atom is -0.0693 e. The van der Waals surface area contributed by atoms with E-state index in [-0.39, 0.29) is 0 Å². The Morgan fingerprint density at radius 1 is 0.923 bits per heavy atom. The Bertz CT molecular complexity index is 145. The number of hydrogen-bond donors (Lipinski definition) is 0. The summed E-state index contributed by atoms with van der Waals surface area (Å²) in [6.07, 6.45) is 5.93. The van der Waals surface area contributed by atoms with Crippen LogP contribution in [0.15, 0.2) is 0 Å². The first-order valence-electron chi connectivity index (χ1n) is 5.99. The van der Waals surface area contributed by atoms with Gasteiger partial charge in [0.25, 0.3) is 0 Å². The maximum absolute atomic E-state index is 2.54. The Kier molecular flexibility index (Phi) is 3.62. The second kappa shape index (κ2) is 4.16. The predicted octanol–water partition coefficient (Wildman–Crippen LogP) is 4.54. The van der Waals surface area contributed by atoms with E-state index in [9.17, 15) is 0 Å². The molecule has 1 aliphatic rings. The van der Waals surface area contributed by atoms with Crippen LogP contribution in [0.25, 0.3) is 0 Å². The molecule has 0 radical (unpaired) electrons. The van der Waals surface area contributed by atoms with Gasteiger partial charge >= 0.3 is 0 Å². The van der Waals surface area contributed by atoms with Crippen LogP contribution in [0.2, 0.25) is 25.2 Å². The molecule has 0 bridgehead atoms. The molecule has 0 aromatic heterocycles. The van der Waals surface area contributed by atoms with E-state index in [1.54, 1.807) is 12.8 Å². The van der Waals surface area contributed by atoms with Crippen molar-refractivity contribution in [3.05, 3.63) is 0 Å². The average Bonchev–Trinajstić information content (AvgIpc) is 2.45. The minimum atomic E-state index is -0.840. The second-order valence-corrected chi connectivity index (χ2v) is 11.4. The third-order valence-corrected chi connectivity index (χ3v) is 7.04. The molecule has 0 N–H and O–H groups in total. The van der Waals surface area contributed by atoms with Crippen molar-refractivity contribution in [2.45, 2.75) is 64.7 Å². The van der Waals surface area contributed by atoms with E-state index >= 15 is 0 Å². The average molecular weight is 198 g/mol. The molecule has 0 spiro atoms. The summed E-state index contributed by atoms with van der Waals surface area (Å²) in [5, 5.41) is 0. The predicted molar refractivity (Wildman–Crippen MR) is 63.9 cm³/mol. The first kappa shape index (κ1) is 11.3. The first-order chi connectivity index (χ1) is 5.99. The van der Waals surface area contributed by atoms with Crippen molar-refractivity contribution >= 4 is 8.07 Å². The SMILES string of the molecule is CCC1CC([Si](C)(C)C)CC1CC. The Labute approximate surface area is 85.1 Å². The van der Waals surface area contributed by atoms with Crippen molar-refractivity contribution in [1.82, 2.24) is 0 Å². The number of hydrogen-bond acceptors (Lipinski definition) is 0. The molecule has 2 unspecified atom stereocenters. The van der Waals surface area contributed by atoms with Gasteiger partial charge in [0.15, 0.2) is 0 Å². The lowest BCUT2D eigenvalue weighted by molar-refractivity contribution is 0.367. The molecule has 1 rings (SSSR count). The lowest BCUT2D eigenvalue weighted by atomic mass is 9.92. The van der Waals surface area contributed by atoms with Crippen LogP contribution in [0.5, 0.6) is 0 Å². The van der Waals surface area contributed by atoms with E-state index in [1.165, 1.54) is 12.8 Å². The van der Waals surface area contributed by atoms with Crippen LogP contribution in [0, 0.1) is 11.8 Å². The van der Waals surface area contributed by atoms with Gasteiger partial charge < -0.3 is 0 Å². The van der Waals surface area contributed by atoms with Gasteiger partial charge in [0.05, 0.1) is 0 Å². The highest BCUT2D eigenvalue weighted by molar-refractivity contribution is 6.77. The van der Waals surface area contributed by atoms with Crippen molar-refractivity contribution in [3.63, 3.8) is 0 Å². The summed E-state index contributed by atoms with van der Waals surface area (Å²) in [5.74, 6) is 2.11. The molecule has 13 heavy (non-hydrogen) atoms. The van der Waals surface area contributed by atoms with Gasteiger partial charge in [-0.3, -0.25) is 0 Å². The molecule has 2 atom stereocenters. The van der Waals surface area contributed by atoms with Gasteiger partial charge in [-0.25, -0.2) is 0 Å². The zero-order chi connectivity index (χ0) is 10.1. The lowest BCUT2D eigenvalue weighted by Crippen LogP contribution is -2.26. The van der Waals surface area contributed by atoms with Crippen LogP contribution < -0.4 is 0 Å². The van der Waals surface area contributed by atoms with Crippen molar-refractivity contribution in [2.24, 2.45) is 11.8 Å². The van der Waals surface area contributed by atoms with Gasteiger partial charge in [-0.15, -0.1) is 0 Å². The monoisotopic (exact) mass is 198 g/mol. The quantitative estimate of drug-likeness (QED) is 0.584. The molecule has 1 aliphatic carbocycles. The van der Waals surface area contributed by atoms with Crippen molar-refractivity contribution in [3.8, 4) is 0 Å². The molecule has 0 amide bonds. The fourth-order valence-corrected chi connectivity index (χ4v) is 4.94. The third kappa shape index (κ3) is 2.58. The van der Waals surface area contributed by atoms with Crippen molar-refractivity contribution in [1.29, 1.82) is 0 Å². The van der Waals surface area contributed by atoms with Crippen LogP contribution >= 0.6 is 0 Å². The normalized spacial score (nSPS) is 35.3. The molecule has 0 aromatic carbocycles. The maximum Gasteiger partial charge on any atom is 0.0474 e. The molecular formula is C12H26Si.